The van der Waals surface area contributed by atoms with Crippen molar-refractivity contribution in [1.82, 2.24) is 0 Å². The van der Waals surface area contributed by atoms with Gasteiger partial charge in [0, 0.05) is 11.5 Å². The van der Waals surface area contributed by atoms with Crippen molar-refractivity contribution in [2.24, 2.45) is 11.8 Å². The average Bonchev–Trinajstić information content (AvgIpc) is 3.16. The number of rotatable bonds is 41. The predicted octanol–water partition coefficient (Wildman–Crippen LogP) is 16.0. The van der Waals surface area contributed by atoms with E-state index in [0.29, 0.717) is 24.0 Å². The van der Waals surface area contributed by atoms with Gasteiger partial charge in [-0.2, -0.15) is 0 Å². The fraction of sp³-hybridized carbons (Fsp3) is 0.870. The van der Waals surface area contributed by atoms with Gasteiger partial charge >= 0.3 is 17.6 Å². The lowest BCUT2D eigenvalue weighted by Crippen LogP contribution is -2.30. The van der Waals surface area contributed by atoms with E-state index in [-0.39, 0.29) is 18.6 Å². The molecule has 14 heteroatoms. The molecule has 60 heavy (non-hydrogen) atoms. The zero-order valence-electron chi connectivity index (χ0n) is 39.1. The molecule has 0 aromatic carbocycles. The van der Waals surface area contributed by atoms with E-state index in [1.807, 2.05) is 12.3 Å². The Kier molecular flexibility index (Phi) is 36.2. The third-order valence-electron chi connectivity index (χ3n) is 10.2. The molecule has 4 atom stereocenters. The summed E-state index contributed by atoms with van der Waals surface area (Å²) in [5.74, 6) is 0.198. The van der Waals surface area contributed by atoms with Crippen LogP contribution in [0.3, 0.4) is 0 Å². The summed E-state index contributed by atoms with van der Waals surface area (Å²) in [6.07, 6.45) is 33.9. The average molecular weight is 959 g/mol. The zero-order valence-corrected chi connectivity index (χ0v) is 44.2. The number of unbranched alkanes of at least 4 members (excludes halogenated alkanes) is 16. The Morgan fingerprint density at radius 2 is 1.08 bits per heavy atom. The van der Waals surface area contributed by atoms with E-state index in [2.05, 4.69) is 54.5 Å². The van der Waals surface area contributed by atoms with E-state index < -0.39 is 34.5 Å². The van der Waals surface area contributed by atoms with Crippen LogP contribution in [0.4, 0.5) is 0 Å². The quantitative estimate of drug-likeness (QED) is 0.0346. The normalized spacial score (nSPS) is 16.1. The van der Waals surface area contributed by atoms with Crippen LogP contribution in [0.5, 0.6) is 0 Å². The first-order valence-corrected chi connectivity index (χ1v) is 31.9. The van der Waals surface area contributed by atoms with Crippen molar-refractivity contribution in [1.29, 1.82) is 0 Å². The molecular formula is C46H88O8P2S4. The van der Waals surface area contributed by atoms with Crippen molar-refractivity contribution in [2.75, 3.05) is 11.5 Å². The molecule has 0 fully saturated rings. The zero-order chi connectivity index (χ0) is 45.2. The van der Waals surface area contributed by atoms with Crippen molar-refractivity contribution in [2.45, 2.75) is 234 Å². The second-order valence-electron chi connectivity index (χ2n) is 17.9. The van der Waals surface area contributed by atoms with Crippen molar-refractivity contribution in [3.63, 3.8) is 0 Å². The lowest BCUT2D eigenvalue weighted by molar-refractivity contribution is -0.140. The molecule has 4 unspecified atom stereocenters. The molecule has 0 aliphatic rings. The van der Waals surface area contributed by atoms with E-state index >= 15 is 0 Å². The maximum Gasteiger partial charge on any atom is 0.350 e. The summed E-state index contributed by atoms with van der Waals surface area (Å²) in [7, 11) is 0. The van der Waals surface area contributed by atoms with E-state index in [1.165, 1.54) is 94.9 Å². The second kappa shape index (κ2) is 36.2. The highest BCUT2D eigenvalue weighted by molar-refractivity contribution is 8.68. The Balaban J connectivity index is 5.52. The van der Waals surface area contributed by atoms with Crippen LogP contribution < -0.4 is 0 Å². The summed E-state index contributed by atoms with van der Waals surface area (Å²) < 4.78 is 23.7. The van der Waals surface area contributed by atoms with Gasteiger partial charge in [-0.1, -0.05) is 162 Å². The molecule has 0 saturated carbocycles. The van der Waals surface area contributed by atoms with E-state index in [1.54, 1.807) is 13.2 Å². The predicted molar refractivity (Wildman–Crippen MR) is 268 cm³/mol. The minimum Gasteiger partial charge on any atom is -0.495 e. The van der Waals surface area contributed by atoms with Crippen molar-refractivity contribution < 1.29 is 37.9 Å². The maximum absolute atomic E-state index is 13.2. The standard InChI is InChI=1S/C46H88O8P2S4/c1-9-11-13-15-17-19-21-23-25-27-37-51-46(8,36-30-32-42(5)6)40-60-56(58,52-38-28-26-24-22-20-18-16-14-12-10-2)54-44(48)34-33-43(47)53-55(50,57)59-39-45(7,49)35-29-31-41(3)4/h27-28,37-38,41-42,49H,9-26,29-36,39-40H2,1-8H3,(H,50,57). The Hall–Kier alpha value is -0.0600. The summed E-state index contributed by atoms with van der Waals surface area (Å²) in [4.78, 5) is 36.7. The number of ether oxygens (including phenoxy) is 1. The summed E-state index contributed by atoms with van der Waals surface area (Å²) >= 11 is 13.4. The molecule has 354 valence electrons. The maximum atomic E-state index is 13.2. The molecule has 2 N–H and O–H groups in total. The van der Waals surface area contributed by atoms with Gasteiger partial charge in [-0.3, -0.25) is 9.59 Å². The molecule has 0 aliphatic carbocycles. The number of hydrogen-bond acceptors (Lipinski definition) is 11. The Labute approximate surface area is 386 Å². The fourth-order valence-electron chi connectivity index (χ4n) is 6.36. The molecule has 0 aliphatic heterocycles. The van der Waals surface area contributed by atoms with Gasteiger partial charge in [0.05, 0.1) is 31.0 Å². The van der Waals surface area contributed by atoms with Gasteiger partial charge in [-0.25, -0.2) is 0 Å². The summed E-state index contributed by atoms with van der Waals surface area (Å²) in [5.41, 5.74) is -8.46. The molecule has 0 spiro atoms. The molecule has 0 aromatic heterocycles. The summed E-state index contributed by atoms with van der Waals surface area (Å²) in [5, 5.41) is 10.7. The molecule has 0 amide bonds. The molecule has 0 heterocycles. The largest absolute Gasteiger partial charge is 0.495 e. The molecule has 0 saturated heterocycles. The Bertz CT molecular complexity index is 1260. The monoisotopic (exact) mass is 958 g/mol. The van der Waals surface area contributed by atoms with E-state index in [0.717, 1.165) is 75.6 Å². The molecular weight excluding hydrogens is 871 g/mol. The van der Waals surface area contributed by atoms with Gasteiger partial charge in [0.1, 0.15) is 5.60 Å². The Morgan fingerprint density at radius 3 is 1.58 bits per heavy atom. The second-order valence-corrected chi connectivity index (χ2v) is 30.2. The number of carbonyl (C=O) groups excluding carboxylic acids is 2. The molecule has 8 nitrogen and oxygen atoms in total. The summed E-state index contributed by atoms with van der Waals surface area (Å²) in [6, 6.07) is 0. The fourth-order valence-corrected chi connectivity index (χ4v) is 14.1. The van der Waals surface area contributed by atoms with Gasteiger partial charge < -0.3 is 28.3 Å². The van der Waals surface area contributed by atoms with Crippen molar-refractivity contribution >= 4 is 69.7 Å². The first kappa shape index (κ1) is 59.9. The number of carbonyl (C=O) groups is 2. The summed E-state index contributed by atoms with van der Waals surface area (Å²) in [6.45, 7) is 17.0. The van der Waals surface area contributed by atoms with Crippen LogP contribution in [0.1, 0.15) is 222 Å². The third kappa shape index (κ3) is 37.3. The van der Waals surface area contributed by atoms with E-state index in [4.69, 9.17) is 41.9 Å². The minimum absolute atomic E-state index is 0.132. The highest BCUT2D eigenvalue weighted by Gasteiger charge is 2.33. The van der Waals surface area contributed by atoms with Gasteiger partial charge in [0.2, 0.25) is 0 Å². The molecule has 0 aromatic rings. The number of aliphatic hydroxyl groups is 1. The van der Waals surface area contributed by atoms with Crippen molar-refractivity contribution in [3.05, 3.63) is 24.7 Å². The van der Waals surface area contributed by atoms with Crippen LogP contribution >= 0.6 is 34.2 Å². The van der Waals surface area contributed by atoms with Crippen LogP contribution in [0, 0.1) is 11.8 Å². The first-order chi connectivity index (χ1) is 28.4. The topological polar surface area (TPSA) is 112 Å². The minimum atomic E-state index is -3.59. The lowest BCUT2D eigenvalue weighted by Gasteiger charge is -2.31. The smallest absolute Gasteiger partial charge is 0.350 e. The van der Waals surface area contributed by atoms with Crippen LogP contribution in [-0.2, 0) is 51.5 Å². The molecule has 0 rings (SSSR count). The van der Waals surface area contributed by atoms with Gasteiger partial charge in [0.25, 0.3) is 5.69 Å². The van der Waals surface area contributed by atoms with Gasteiger partial charge in [-0.15, -0.1) is 0 Å². The van der Waals surface area contributed by atoms with Gasteiger partial charge in [0.15, 0.2) is 0 Å². The van der Waals surface area contributed by atoms with Crippen LogP contribution in [0.25, 0.3) is 0 Å². The Morgan fingerprint density at radius 1 is 0.633 bits per heavy atom. The molecule has 0 bridgehead atoms. The van der Waals surface area contributed by atoms with Crippen molar-refractivity contribution in [3.8, 4) is 0 Å². The lowest BCUT2D eigenvalue weighted by atomic mass is 9.97. The van der Waals surface area contributed by atoms with Crippen LogP contribution in [0.2, 0.25) is 0 Å². The molecule has 0 radical (unpaired) electrons. The van der Waals surface area contributed by atoms with Crippen LogP contribution in [-0.4, -0.2) is 44.6 Å². The number of hydrogen-bond donors (Lipinski definition) is 2. The van der Waals surface area contributed by atoms with E-state index in [9.17, 15) is 19.6 Å². The van der Waals surface area contributed by atoms with Crippen LogP contribution in [0.15, 0.2) is 24.7 Å². The highest BCUT2D eigenvalue weighted by Crippen LogP contribution is 2.63. The third-order valence-corrected chi connectivity index (χ3v) is 19.6. The van der Waals surface area contributed by atoms with Gasteiger partial charge in [-0.05, 0) is 118 Å². The highest BCUT2D eigenvalue weighted by atomic mass is 32.9. The SMILES string of the molecule is CCCCCCCCCCC=COC(C)(CCCC(C)C)CSP(=S)(OC=CCCCCCCCCCC)OC(=O)CCC(=O)OP(O)(=S)SCC(C)(O)CCCC(C)C. The first-order valence-electron chi connectivity index (χ1n) is 23.4. The number of allylic oxidation sites excluding steroid dienone is 2.